The molecule has 1 rings (SSSR count). The molecule has 18 heavy (non-hydrogen) atoms. The summed E-state index contributed by atoms with van der Waals surface area (Å²) in [4.78, 5) is 12.2. The van der Waals surface area contributed by atoms with E-state index in [0.717, 1.165) is 0 Å². The van der Waals surface area contributed by atoms with E-state index in [1.54, 1.807) is 18.2 Å². The van der Waals surface area contributed by atoms with Crippen molar-refractivity contribution in [2.24, 2.45) is 5.41 Å². The van der Waals surface area contributed by atoms with Gasteiger partial charge in [-0.05, 0) is 17.5 Å². The van der Waals surface area contributed by atoms with Gasteiger partial charge in [-0.2, -0.15) is 5.26 Å². The van der Waals surface area contributed by atoms with E-state index in [1.165, 1.54) is 0 Å². The molecule has 96 valence electrons. The number of rotatable bonds is 3. The number of ketones is 1. The largest absolute Gasteiger partial charge is 0.298 e. The maximum atomic E-state index is 12.2. The van der Waals surface area contributed by atoms with Gasteiger partial charge in [0.15, 0.2) is 5.78 Å². The molecule has 0 N–H and O–H groups in total. The zero-order chi connectivity index (χ0) is 13.9. The van der Waals surface area contributed by atoms with Crippen molar-refractivity contribution in [3.63, 3.8) is 0 Å². The van der Waals surface area contributed by atoms with E-state index in [-0.39, 0.29) is 11.2 Å². The number of halogens is 2. The van der Waals surface area contributed by atoms with Crippen molar-refractivity contribution in [3.05, 3.63) is 33.8 Å². The Kier molecular flexibility index (Phi) is 4.78. The Morgan fingerprint density at radius 3 is 2.22 bits per heavy atom. The zero-order valence-electron chi connectivity index (χ0n) is 10.6. The van der Waals surface area contributed by atoms with Gasteiger partial charge in [-0.25, -0.2) is 0 Å². The molecule has 0 aliphatic rings. The molecule has 0 aromatic heterocycles. The van der Waals surface area contributed by atoms with Crippen molar-refractivity contribution in [3.8, 4) is 6.07 Å². The third kappa shape index (κ3) is 3.73. The second-order valence-electron chi connectivity index (χ2n) is 5.40. The van der Waals surface area contributed by atoms with Crippen LogP contribution >= 0.6 is 23.2 Å². The van der Waals surface area contributed by atoms with E-state index in [4.69, 9.17) is 23.2 Å². The van der Waals surface area contributed by atoms with Gasteiger partial charge in [-0.15, -0.1) is 0 Å². The van der Waals surface area contributed by atoms with E-state index < -0.39 is 5.92 Å². The molecule has 1 atom stereocenters. The van der Waals surface area contributed by atoms with Crippen LogP contribution in [-0.2, 0) is 4.79 Å². The third-order valence-electron chi connectivity index (χ3n) is 2.44. The van der Waals surface area contributed by atoms with Gasteiger partial charge < -0.3 is 0 Å². The molecule has 1 aromatic rings. The maximum absolute atomic E-state index is 12.2. The van der Waals surface area contributed by atoms with E-state index in [0.29, 0.717) is 22.0 Å². The van der Waals surface area contributed by atoms with Gasteiger partial charge >= 0.3 is 0 Å². The van der Waals surface area contributed by atoms with E-state index in [2.05, 4.69) is 0 Å². The number of hydrogen-bond donors (Lipinski definition) is 0. The molecule has 0 saturated carbocycles. The van der Waals surface area contributed by atoms with Crippen LogP contribution in [0.25, 0.3) is 0 Å². The quantitative estimate of drug-likeness (QED) is 0.813. The van der Waals surface area contributed by atoms with Crippen molar-refractivity contribution < 1.29 is 4.79 Å². The molecule has 0 fully saturated rings. The fourth-order valence-electron chi connectivity index (χ4n) is 1.71. The molecule has 0 amide bonds. The summed E-state index contributed by atoms with van der Waals surface area (Å²) in [5.74, 6) is -1.05. The van der Waals surface area contributed by atoms with Gasteiger partial charge in [-0.1, -0.05) is 50.0 Å². The molecule has 0 aliphatic carbocycles. The maximum Gasteiger partial charge on any atom is 0.155 e. The molecule has 0 spiro atoms. The molecule has 0 saturated heterocycles. The van der Waals surface area contributed by atoms with Crippen LogP contribution < -0.4 is 0 Å². The summed E-state index contributed by atoms with van der Waals surface area (Å²) < 4.78 is 0. The second kappa shape index (κ2) is 5.73. The number of hydrogen-bond acceptors (Lipinski definition) is 2. The molecule has 0 aliphatic heterocycles. The highest BCUT2D eigenvalue weighted by Gasteiger charge is 2.28. The Morgan fingerprint density at radius 1 is 1.33 bits per heavy atom. The monoisotopic (exact) mass is 283 g/mol. The summed E-state index contributed by atoms with van der Waals surface area (Å²) in [6, 6.07) is 6.97. The first kappa shape index (κ1) is 15.0. The highest BCUT2D eigenvalue weighted by atomic mass is 35.5. The minimum absolute atomic E-state index is 0.153. The summed E-state index contributed by atoms with van der Waals surface area (Å²) in [7, 11) is 0. The van der Waals surface area contributed by atoms with Crippen LogP contribution in [0, 0.1) is 16.7 Å². The summed E-state index contributed by atoms with van der Waals surface area (Å²) >= 11 is 12.1. The summed E-state index contributed by atoms with van der Waals surface area (Å²) in [5, 5.41) is 9.92. The van der Waals surface area contributed by atoms with Crippen molar-refractivity contribution in [1.29, 1.82) is 5.26 Å². The van der Waals surface area contributed by atoms with E-state index in [9.17, 15) is 10.1 Å². The minimum Gasteiger partial charge on any atom is -0.298 e. The first-order chi connectivity index (χ1) is 8.26. The normalized spacial score (nSPS) is 12.9. The van der Waals surface area contributed by atoms with E-state index >= 15 is 0 Å². The number of nitrogens with zero attached hydrogens (tertiary/aromatic N) is 1. The summed E-state index contributed by atoms with van der Waals surface area (Å²) in [6.45, 7) is 5.86. The summed E-state index contributed by atoms with van der Waals surface area (Å²) in [6.07, 6.45) is 0.312. The molecule has 0 radical (unpaired) electrons. The van der Waals surface area contributed by atoms with Gasteiger partial charge in [0, 0.05) is 22.0 Å². The van der Waals surface area contributed by atoms with Crippen molar-refractivity contribution in [1.82, 2.24) is 0 Å². The highest BCUT2D eigenvalue weighted by molar-refractivity contribution is 6.36. The first-order valence-electron chi connectivity index (χ1n) is 5.62. The minimum atomic E-state index is -0.898. The van der Waals surface area contributed by atoms with Crippen LogP contribution in [0.1, 0.15) is 38.7 Å². The second-order valence-corrected chi connectivity index (χ2v) is 6.22. The Morgan fingerprint density at radius 2 is 1.83 bits per heavy atom. The molecule has 4 heteroatoms. The lowest BCUT2D eigenvalue weighted by Gasteiger charge is -2.20. The Bertz CT molecular complexity index is 477. The SMILES string of the molecule is CC(C)(C)CC(=O)C(C#N)c1c(Cl)cccc1Cl. The molecule has 1 unspecified atom stereocenters. The van der Waals surface area contributed by atoms with Gasteiger partial charge in [0.05, 0.1) is 6.07 Å². The number of benzene rings is 1. The number of nitriles is 1. The first-order valence-corrected chi connectivity index (χ1v) is 6.38. The van der Waals surface area contributed by atoms with Crippen LogP contribution in [0.2, 0.25) is 10.0 Å². The fraction of sp³-hybridized carbons (Fsp3) is 0.429. The third-order valence-corrected chi connectivity index (χ3v) is 3.10. The van der Waals surface area contributed by atoms with Gasteiger partial charge in [0.2, 0.25) is 0 Å². The van der Waals surface area contributed by atoms with Crippen LogP contribution in [0.5, 0.6) is 0 Å². The van der Waals surface area contributed by atoms with Crippen LogP contribution in [-0.4, -0.2) is 5.78 Å². The predicted octanol–water partition coefficient (Wildman–Crippen LogP) is 4.61. The highest BCUT2D eigenvalue weighted by Crippen LogP contribution is 2.34. The smallest absolute Gasteiger partial charge is 0.155 e. The average Bonchev–Trinajstić information content (AvgIpc) is 2.20. The van der Waals surface area contributed by atoms with Crippen LogP contribution in [0.15, 0.2) is 18.2 Å². The molecule has 1 aromatic carbocycles. The molecule has 0 heterocycles. The van der Waals surface area contributed by atoms with Crippen molar-refractivity contribution in [2.45, 2.75) is 33.1 Å². The van der Waals surface area contributed by atoms with Crippen LogP contribution in [0.4, 0.5) is 0 Å². The van der Waals surface area contributed by atoms with Gasteiger partial charge in [-0.3, -0.25) is 4.79 Å². The topological polar surface area (TPSA) is 40.9 Å². The molecule has 0 bridgehead atoms. The Labute approximate surface area is 118 Å². The molecular formula is C14H15Cl2NO. The molecule has 2 nitrogen and oxygen atoms in total. The standard InChI is InChI=1S/C14H15Cl2NO/c1-14(2,3)7-12(18)9(8-17)13-10(15)5-4-6-11(13)16/h4-6,9H,7H2,1-3H3. The Balaban J connectivity index is 3.12. The van der Waals surface area contributed by atoms with E-state index in [1.807, 2.05) is 26.8 Å². The van der Waals surface area contributed by atoms with Gasteiger partial charge in [0.25, 0.3) is 0 Å². The lowest BCUT2D eigenvalue weighted by Crippen LogP contribution is -2.19. The molecular weight excluding hydrogens is 269 g/mol. The summed E-state index contributed by atoms with van der Waals surface area (Å²) in [5.41, 5.74) is 0.248. The lowest BCUT2D eigenvalue weighted by atomic mass is 9.84. The number of carbonyl (C=O) groups excluding carboxylic acids is 1. The van der Waals surface area contributed by atoms with Crippen LogP contribution in [0.3, 0.4) is 0 Å². The average molecular weight is 284 g/mol. The Hall–Kier alpha value is -1.04. The van der Waals surface area contributed by atoms with Crippen molar-refractivity contribution in [2.75, 3.05) is 0 Å². The lowest BCUT2D eigenvalue weighted by molar-refractivity contribution is -0.121. The van der Waals surface area contributed by atoms with Gasteiger partial charge in [0.1, 0.15) is 5.92 Å². The zero-order valence-corrected chi connectivity index (χ0v) is 12.1. The number of carbonyl (C=O) groups is 1. The fourth-order valence-corrected chi connectivity index (χ4v) is 2.32. The number of Topliss-reactive ketones (excluding diaryl/α,β-unsaturated/α-hetero) is 1. The predicted molar refractivity (Wildman–Crippen MR) is 73.9 cm³/mol. The van der Waals surface area contributed by atoms with Crippen molar-refractivity contribution >= 4 is 29.0 Å².